The van der Waals surface area contributed by atoms with Crippen LogP contribution < -0.4 is 9.88 Å². The standard InChI is InChI=1S/C11H14N4O3S/c1-2-15-10(13-14-11(15)19(12,16)17)8-18-9-6-4-3-5-7-9/h3-7H,2,8H2,1H3,(H2,12,16,17). The molecule has 2 aromatic rings. The van der Waals surface area contributed by atoms with Crippen LogP contribution in [0, 0.1) is 0 Å². The van der Waals surface area contributed by atoms with Crippen LogP contribution in [0.25, 0.3) is 0 Å². The summed E-state index contributed by atoms with van der Waals surface area (Å²) in [6.45, 7) is 2.30. The summed E-state index contributed by atoms with van der Waals surface area (Å²) >= 11 is 0. The van der Waals surface area contributed by atoms with Gasteiger partial charge in [-0.3, -0.25) is 4.57 Å². The summed E-state index contributed by atoms with van der Waals surface area (Å²) in [4.78, 5) is 0. The zero-order valence-corrected chi connectivity index (χ0v) is 11.2. The van der Waals surface area contributed by atoms with Gasteiger partial charge in [0.05, 0.1) is 0 Å². The van der Waals surface area contributed by atoms with E-state index < -0.39 is 10.0 Å². The van der Waals surface area contributed by atoms with E-state index in [2.05, 4.69) is 10.2 Å². The van der Waals surface area contributed by atoms with Gasteiger partial charge in [0.2, 0.25) is 0 Å². The minimum absolute atomic E-state index is 0.125. The molecule has 0 aliphatic carbocycles. The van der Waals surface area contributed by atoms with Gasteiger partial charge in [0.25, 0.3) is 15.2 Å². The topological polar surface area (TPSA) is 100 Å². The number of sulfonamides is 1. The maximum atomic E-state index is 11.3. The predicted octanol–water partition coefficient (Wildman–Crippen LogP) is 0.524. The van der Waals surface area contributed by atoms with E-state index in [1.807, 2.05) is 18.2 Å². The van der Waals surface area contributed by atoms with Crippen molar-refractivity contribution < 1.29 is 13.2 Å². The molecule has 0 unspecified atom stereocenters. The molecule has 1 aromatic carbocycles. The first kappa shape index (κ1) is 13.5. The highest BCUT2D eigenvalue weighted by molar-refractivity contribution is 7.89. The molecule has 1 heterocycles. The number of nitrogens with two attached hydrogens (primary N) is 1. The van der Waals surface area contributed by atoms with Crippen molar-refractivity contribution in [1.29, 1.82) is 0 Å². The fourth-order valence-corrected chi connectivity index (χ4v) is 2.31. The first-order valence-electron chi connectivity index (χ1n) is 5.65. The van der Waals surface area contributed by atoms with Crippen molar-refractivity contribution in [1.82, 2.24) is 14.8 Å². The van der Waals surface area contributed by atoms with Gasteiger partial charge in [0, 0.05) is 6.54 Å². The second kappa shape index (κ2) is 5.37. The van der Waals surface area contributed by atoms with E-state index in [4.69, 9.17) is 9.88 Å². The minimum Gasteiger partial charge on any atom is -0.486 e. The second-order valence-corrected chi connectivity index (χ2v) is 5.24. The molecule has 19 heavy (non-hydrogen) atoms. The number of hydrogen-bond acceptors (Lipinski definition) is 5. The van der Waals surface area contributed by atoms with Crippen molar-refractivity contribution >= 4 is 10.0 Å². The Morgan fingerprint density at radius 2 is 1.95 bits per heavy atom. The molecule has 0 aliphatic heterocycles. The van der Waals surface area contributed by atoms with Crippen molar-refractivity contribution in [2.45, 2.75) is 25.2 Å². The largest absolute Gasteiger partial charge is 0.486 e. The summed E-state index contributed by atoms with van der Waals surface area (Å²) in [5.41, 5.74) is 0. The number of nitrogens with zero attached hydrogens (tertiary/aromatic N) is 3. The highest BCUT2D eigenvalue weighted by atomic mass is 32.2. The molecule has 0 spiro atoms. The molecule has 7 nitrogen and oxygen atoms in total. The van der Waals surface area contributed by atoms with E-state index in [1.54, 1.807) is 19.1 Å². The van der Waals surface area contributed by atoms with Crippen LogP contribution >= 0.6 is 0 Å². The number of para-hydroxylation sites is 1. The lowest BCUT2D eigenvalue weighted by atomic mass is 10.3. The average Bonchev–Trinajstić information content (AvgIpc) is 2.80. The highest BCUT2D eigenvalue weighted by Gasteiger charge is 2.20. The molecule has 102 valence electrons. The lowest BCUT2D eigenvalue weighted by Crippen LogP contribution is -2.19. The quantitative estimate of drug-likeness (QED) is 0.862. The van der Waals surface area contributed by atoms with Gasteiger partial charge < -0.3 is 4.74 Å². The fraction of sp³-hybridized carbons (Fsp3) is 0.273. The summed E-state index contributed by atoms with van der Waals surface area (Å²) in [6.07, 6.45) is 0. The Hall–Kier alpha value is -1.93. The van der Waals surface area contributed by atoms with Crippen molar-refractivity contribution in [3.05, 3.63) is 36.2 Å². The van der Waals surface area contributed by atoms with Crippen LogP contribution in [0.1, 0.15) is 12.7 Å². The normalized spacial score (nSPS) is 11.5. The maximum absolute atomic E-state index is 11.3. The third-order valence-corrected chi connectivity index (χ3v) is 3.29. The lowest BCUT2D eigenvalue weighted by molar-refractivity contribution is 0.288. The Morgan fingerprint density at radius 3 is 2.53 bits per heavy atom. The molecule has 2 N–H and O–H groups in total. The molecule has 0 fully saturated rings. The molecule has 2 rings (SSSR count). The zero-order valence-electron chi connectivity index (χ0n) is 10.4. The fourth-order valence-electron chi connectivity index (χ4n) is 1.62. The van der Waals surface area contributed by atoms with Gasteiger partial charge in [-0.15, -0.1) is 10.2 Å². The number of aromatic nitrogens is 3. The van der Waals surface area contributed by atoms with E-state index in [1.165, 1.54) is 4.57 Å². The molecule has 0 atom stereocenters. The van der Waals surface area contributed by atoms with E-state index in [-0.39, 0.29) is 11.8 Å². The molecule has 0 saturated heterocycles. The first-order valence-corrected chi connectivity index (χ1v) is 7.19. The smallest absolute Gasteiger partial charge is 0.273 e. The third-order valence-electron chi connectivity index (χ3n) is 2.48. The molecular weight excluding hydrogens is 268 g/mol. The van der Waals surface area contributed by atoms with E-state index >= 15 is 0 Å². The van der Waals surface area contributed by atoms with Crippen molar-refractivity contribution in [2.75, 3.05) is 0 Å². The van der Waals surface area contributed by atoms with Crippen LogP contribution in [0.4, 0.5) is 0 Å². The number of hydrogen-bond donors (Lipinski definition) is 1. The number of primary sulfonamides is 1. The van der Waals surface area contributed by atoms with Gasteiger partial charge in [0.15, 0.2) is 5.82 Å². The monoisotopic (exact) mass is 282 g/mol. The molecule has 0 bridgehead atoms. The molecule has 1 aromatic heterocycles. The minimum atomic E-state index is -3.87. The van der Waals surface area contributed by atoms with Crippen molar-refractivity contribution in [3.8, 4) is 5.75 Å². The van der Waals surface area contributed by atoms with Crippen LogP contribution in [0.15, 0.2) is 35.5 Å². The Bertz CT molecular complexity index is 652. The summed E-state index contributed by atoms with van der Waals surface area (Å²) < 4.78 is 29.5. The third kappa shape index (κ3) is 3.09. The van der Waals surface area contributed by atoms with Crippen LogP contribution in [-0.4, -0.2) is 23.2 Å². The van der Waals surface area contributed by atoms with E-state index in [9.17, 15) is 8.42 Å². The Balaban J connectivity index is 2.20. The zero-order chi connectivity index (χ0) is 13.9. The van der Waals surface area contributed by atoms with Crippen molar-refractivity contribution in [3.63, 3.8) is 0 Å². The lowest BCUT2D eigenvalue weighted by Gasteiger charge is -2.07. The summed E-state index contributed by atoms with van der Waals surface area (Å²) in [5.74, 6) is 1.08. The SMILES string of the molecule is CCn1c(COc2ccccc2)nnc1S(N)(=O)=O. The maximum Gasteiger partial charge on any atom is 0.273 e. The van der Waals surface area contributed by atoms with Crippen LogP contribution in [-0.2, 0) is 23.2 Å². The molecule has 0 saturated carbocycles. The molecular formula is C11H14N4O3S. The summed E-state index contributed by atoms with van der Waals surface area (Å²) in [7, 11) is -3.87. The van der Waals surface area contributed by atoms with Gasteiger partial charge in [0.1, 0.15) is 12.4 Å². The Labute approximate surface area is 111 Å². The Kier molecular flexibility index (Phi) is 3.82. The molecule has 0 aliphatic rings. The highest BCUT2D eigenvalue weighted by Crippen LogP contribution is 2.12. The van der Waals surface area contributed by atoms with Gasteiger partial charge in [-0.1, -0.05) is 18.2 Å². The predicted molar refractivity (Wildman–Crippen MR) is 67.8 cm³/mol. The number of benzene rings is 1. The summed E-state index contributed by atoms with van der Waals surface area (Å²) in [5, 5.41) is 12.2. The Morgan fingerprint density at radius 1 is 1.26 bits per heavy atom. The van der Waals surface area contributed by atoms with Crippen LogP contribution in [0.2, 0.25) is 0 Å². The van der Waals surface area contributed by atoms with Crippen molar-refractivity contribution in [2.24, 2.45) is 5.14 Å². The van der Waals surface area contributed by atoms with Gasteiger partial charge in [-0.25, -0.2) is 13.6 Å². The van der Waals surface area contributed by atoms with Crippen LogP contribution in [0.3, 0.4) is 0 Å². The molecule has 0 radical (unpaired) electrons. The van der Waals surface area contributed by atoms with E-state index in [0.29, 0.717) is 18.1 Å². The number of rotatable bonds is 5. The van der Waals surface area contributed by atoms with Gasteiger partial charge in [-0.05, 0) is 19.1 Å². The molecule has 8 heteroatoms. The average molecular weight is 282 g/mol. The van der Waals surface area contributed by atoms with Gasteiger partial charge >= 0.3 is 0 Å². The van der Waals surface area contributed by atoms with E-state index in [0.717, 1.165) is 0 Å². The molecule has 0 amide bonds. The number of ether oxygens (including phenoxy) is 1. The van der Waals surface area contributed by atoms with Gasteiger partial charge in [-0.2, -0.15) is 0 Å². The second-order valence-electron chi connectivity index (χ2n) is 3.79. The van der Waals surface area contributed by atoms with Crippen LogP contribution in [0.5, 0.6) is 5.75 Å². The first-order chi connectivity index (χ1) is 9.02. The summed E-state index contributed by atoms with van der Waals surface area (Å²) in [6, 6.07) is 9.16.